The molecular weight excluding hydrogens is 196 g/mol. The second-order valence-corrected chi connectivity index (χ2v) is 3.19. The van der Waals surface area contributed by atoms with E-state index in [-0.39, 0.29) is 6.29 Å². The van der Waals surface area contributed by atoms with E-state index in [1.807, 2.05) is 18.2 Å². The van der Waals surface area contributed by atoms with Gasteiger partial charge in [-0.15, -0.1) is 0 Å². The number of ether oxygens (including phenoxy) is 4. The summed E-state index contributed by atoms with van der Waals surface area (Å²) in [6.45, 7) is 1.28. The molecule has 0 amide bonds. The molecule has 1 saturated heterocycles. The first kappa shape index (κ1) is 10.3. The summed E-state index contributed by atoms with van der Waals surface area (Å²) in [6.07, 6.45) is -0.273. The summed E-state index contributed by atoms with van der Waals surface area (Å²) >= 11 is 0. The monoisotopic (exact) mass is 210 g/mol. The lowest BCUT2D eigenvalue weighted by Gasteiger charge is -2.12. The van der Waals surface area contributed by atoms with Crippen molar-refractivity contribution in [2.24, 2.45) is 0 Å². The van der Waals surface area contributed by atoms with Crippen molar-refractivity contribution in [1.29, 1.82) is 0 Å². The average Bonchev–Trinajstić information content (AvgIpc) is 2.81. The van der Waals surface area contributed by atoms with Crippen molar-refractivity contribution in [2.45, 2.75) is 6.29 Å². The number of benzene rings is 1. The maximum absolute atomic E-state index is 5.39. The van der Waals surface area contributed by atoms with Crippen molar-refractivity contribution in [1.82, 2.24) is 0 Å². The normalized spacial score (nSPS) is 16.7. The minimum Gasteiger partial charge on any atom is -0.493 e. The zero-order valence-corrected chi connectivity index (χ0v) is 8.86. The maximum Gasteiger partial charge on any atom is 0.184 e. The van der Waals surface area contributed by atoms with E-state index in [1.165, 1.54) is 0 Å². The van der Waals surface area contributed by atoms with Crippen LogP contribution in [0.1, 0.15) is 11.9 Å². The molecule has 0 unspecified atom stereocenters. The van der Waals surface area contributed by atoms with E-state index >= 15 is 0 Å². The van der Waals surface area contributed by atoms with Crippen molar-refractivity contribution in [3.05, 3.63) is 23.8 Å². The van der Waals surface area contributed by atoms with Gasteiger partial charge in [0.2, 0.25) is 0 Å². The fourth-order valence-corrected chi connectivity index (χ4v) is 1.55. The molecule has 0 aromatic heterocycles. The van der Waals surface area contributed by atoms with Gasteiger partial charge < -0.3 is 18.9 Å². The molecule has 0 bridgehead atoms. The standard InChI is InChI=1S/C11H14O4/c1-12-9-4-3-8(7-10(9)13-2)11-14-5-6-15-11/h3-4,7,11H,5-6H2,1-2H3. The maximum atomic E-state index is 5.39. The summed E-state index contributed by atoms with van der Waals surface area (Å²) in [5, 5.41) is 0. The highest BCUT2D eigenvalue weighted by molar-refractivity contribution is 5.43. The molecule has 1 aromatic carbocycles. The molecule has 1 aromatic rings. The van der Waals surface area contributed by atoms with Gasteiger partial charge in [0, 0.05) is 5.56 Å². The summed E-state index contributed by atoms with van der Waals surface area (Å²) in [6, 6.07) is 5.63. The van der Waals surface area contributed by atoms with Crippen LogP contribution in [0.3, 0.4) is 0 Å². The summed E-state index contributed by atoms with van der Waals surface area (Å²) in [5.74, 6) is 1.40. The van der Waals surface area contributed by atoms with Crippen molar-refractivity contribution >= 4 is 0 Å². The van der Waals surface area contributed by atoms with E-state index in [4.69, 9.17) is 18.9 Å². The summed E-state index contributed by atoms with van der Waals surface area (Å²) < 4.78 is 21.1. The fraction of sp³-hybridized carbons (Fsp3) is 0.455. The average molecular weight is 210 g/mol. The molecular formula is C11H14O4. The SMILES string of the molecule is COc1ccc(C2OCCO2)cc1OC. The number of hydrogen-bond acceptors (Lipinski definition) is 4. The third kappa shape index (κ3) is 2.06. The highest BCUT2D eigenvalue weighted by Crippen LogP contribution is 2.32. The quantitative estimate of drug-likeness (QED) is 0.761. The molecule has 1 fully saturated rings. The van der Waals surface area contributed by atoms with Gasteiger partial charge in [0.25, 0.3) is 0 Å². The molecule has 1 aliphatic rings. The smallest absolute Gasteiger partial charge is 0.184 e. The summed E-state index contributed by atoms with van der Waals surface area (Å²) in [4.78, 5) is 0. The highest BCUT2D eigenvalue weighted by Gasteiger charge is 2.19. The largest absolute Gasteiger partial charge is 0.493 e. The van der Waals surface area contributed by atoms with Crippen LogP contribution in [0.2, 0.25) is 0 Å². The Labute approximate surface area is 88.7 Å². The Morgan fingerprint density at radius 1 is 1.07 bits per heavy atom. The Hall–Kier alpha value is -1.26. The van der Waals surface area contributed by atoms with Gasteiger partial charge >= 0.3 is 0 Å². The Bertz CT molecular complexity index is 331. The summed E-state index contributed by atoms with van der Waals surface area (Å²) in [7, 11) is 3.22. The third-order valence-electron chi connectivity index (χ3n) is 2.30. The first-order valence-corrected chi connectivity index (χ1v) is 4.80. The number of rotatable bonds is 3. The minimum atomic E-state index is -0.273. The minimum absolute atomic E-state index is 0.273. The lowest BCUT2D eigenvalue weighted by atomic mass is 10.2. The zero-order chi connectivity index (χ0) is 10.7. The Morgan fingerprint density at radius 3 is 2.33 bits per heavy atom. The molecule has 0 saturated carbocycles. The molecule has 2 rings (SSSR count). The van der Waals surface area contributed by atoms with E-state index in [2.05, 4.69) is 0 Å². The van der Waals surface area contributed by atoms with E-state index in [0.717, 1.165) is 5.56 Å². The molecule has 82 valence electrons. The topological polar surface area (TPSA) is 36.9 Å². The molecule has 0 atom stereocenters. The molecule has 0 spiro atoms. The van der Waals surface area contributed by atoms with Gasteiger partial charge in [0.05, 0.1) is 27.4 Å². The molecule has 0 radical (unpaired) electrons. The van der Waals surface area contributed by atoms with E-state index in [9.17, 15) is 0 Å². The molecule has 4 heteroatoms. The van der Waals surface area contributed by atoms with E-state index in [0.29, 0.717) is 24.7 Å². The van der Waals surface area contributed by atoms with Crippen LogP contribution < -0.4 is 9.47 Å². The van der Waals surface area contributed by atoms with Crippen LogP contribution >= 0.6 is 0 Å². The molecule has 1 aliphatic heterocycles. The Morgan fingerprint density at radius 2 is 1.73 bits per heavy atom. The van der Waals surface area contributed by atoms with E-state index in [1.54, 1.807) is 14.2 Å². The molecule has 4 nitrogen and oxygen atoms in total. The van der Waals surface area contributed by atoms with Gasteiger partial charge in [-0.05, 0) is 12.1 Å². The van der Waals surface area contributed by atoms with Gasteiger partial charge in [-0.3, -0.25) is 0 Å². The molecule has 0 aliphatic carbocycles. The molecule has 1 heterocycles. The Kier molecular flexibility index (Phi) is 3.08. The highest BCUT2D eigenvalue weighted by atomic mass is 16.7. The Balaban J connectivity index is 2.25. The fourth-order valence-electron chi connectivity index (χ4n) is 1.55. The van der Waals surface area contributed by atoms with Crippen LogP contribution in [0.15, 0.2) is 18.2 Å². The van der Waals surface area contributed by atoms with Gasteiger partial charge in [-0.2, -0.15) is 0 Å². The van der Waals surface area contributed by atoms with Crippen LogP contribution in [-0.4, -0.2) is 27.4 Å². The van der Waals surface area contributed by atoms with Crippen LogP contribution in [-0.2, 0) is 9.47 Å². The van der Waals surface area contributed by atoms with Crippen LogP contribution in [0.5, 0.6) is 11.5 Å². The van der Waals surface area contributed by atoms with Crippen LogP contribution in [0, 0.1) is 0 Å². The number of hydrogen-bond donors (Lipinski definition) is 0. The number of methoxy groups -OCH3 is 2. The van der Waals surface area contributed by atoms with Crippen molar-refractivity contribution in [2.75, 3.05) is 27.4 Å². The van der Waals surface area contributed by atoms with Gasteiger partial charge in [0.15, 0.2) is 17.8 Å². The van der Waals surface area contributed by atoms with Gasteiger partial charge in [-0.1, -0.05) is 6.07 Å². The molecule has 0 N–H and O–H groups in total. The van der Waals surface area contributed by atoms with Crippen molar-refractivity contribution in [3.8, 4) is 11.5 Å². The second-order valence-electron chi connectivity index (χ2n) is 3.19. The predicted molar refractivity (Wildman–Crippen MR) is 54.2 cm³/mol. The lowest BCUT2D eigenvalue weighted by molar-refractivity contribution is -0.0442. The van der Waals surface area contributed by atoms with Crippen molar-refractivity contribution in [3.63, 3.8) is 0 Å². The van der Waals surface area contributed by atoms with Crippen LogP contribution in [0.25, 0.3) is 0 Å². The first-order chi connectivity index (χ1) is 7.35. The zero-order valence-electron chi connectivity index (χ0n) is 8.86. The third-order valence-corrected chi connectivity index (χ3v) is 2.30. The van der Waals surface area contributed by atoms with Gasteiger partial charge in [-0.25, -0.2) is 0 Å². The van der Waals surface area contributed by atoms with Crippen molar-refractivity contribution < 1.29 is 18.9 Å². The molecule has 15 heavy (non-hydrogen) atoms. The first-order valence-electron chi connectivity index (χ1n) is 4.80. The summed E-state index contributed by atoms with van der Waals surface area (Å²) in [5.41, 5.74) is 0.949. The second kappa shape index (κ2) is 4.51. The predicted octanol–water partition coefficient (Wildman–Crippen LogP) is 1.75. The van der Waals surface area contributed by atoms with Gasteiger partial charge in [0.1, 0.15) is 0 Å². The van der Waals surface area contributed by atoms with E-state index < -0.39 is 0 Å². The van der Waals surface area contributed by atoms with Crippen LogP contribution in [0.4, 0.5) is 0 Å². The lowest BCUT2D eigenvalue weighted by Crippen LogP contribution is -1.99.